The number of aromatic nitrogens is 2. The predicted octanol–water partition coefficient (Wildman–Crippen LogP) is 4.36. The third-order valence-electron chi connectivity index (χ3n) is 5.43. The van der Waals surface area contributed by atoms with Crippen molar-refractivity contribution >= 4 is 0 Å². The Kier molecular flexibility index (Phi) is 4.75. The van der Waals surface area contributed by atoms with Gasteiger partial charge in [-0.2, -0.15) is 0 Å². The highest BCUT2D eigenvalue weighted by atomic mass is 19.2. The average Bonchev–Trinajstić information content (AvgIpc) is 2.66. The molecule has 2 aliphatic rings. The Hall–Kier alpha value is -1.88. The van der Waals surface area contributed by atoms with Crippen LogP contribution in [-0.2, 0) is 19.5 Å². The van der Waals surface area contributed by atoms with Crippen molar-refractivity contribution in [2.24, 2.45) is 0 Å². The SMILES string of the molecule is Fc1cccc(CN2CCc3nc(C4CCCCC4)ncc3C2)c1F. The van der Waals surface area contributed by atoms with E-state index >= 15 is 0 Å². The summed E-state index contributed by atoms with van der Waals surface area (Å²) in [6, 6.07) is 4.37. The van der Waals surface area contributed by atoms with E-state index in [-0.39, 0.29) is 0 Å². The second-order valence-corrected chi connectivity index (χ2v) is 7.21. The molecule has 0 N–H and O–H groups in total. The minimum Gasteiger partial charge on any atom is -0.294 e. The average molecular weight is 343 g/mol. The molecule has 0 saturated heterocycles. The molecule has 1 fully saturated rings. The quantitative estimate of drug-likeness (QED) is 0.829. The van der Waals surface area contributed by atoms with Crippen LogP contribution < -0.4 is 0 Å². The molecule has 132 valence electrons. The van der Waals surface area contributed by atoms with Gasteiger partial charge in [-0.25, -0.2) is 18.7 Å². The summed E-state index contributed by atoms with van der Waals surface area (Å²) >= 11 is 0. The van der Waals surface area contributed by atoms with Crippen LogP contribution in [0.25, 0.3) is 0 Å². The van der Waals surface area contributed by atoms with E-state index in [0.29, 0.717) is 24.6 Å². The van der Waals surface area contributed by atoms with E-state index in [9.17, 15) is 8.78 Å². The van der Waals surface area contributed by atoms with Gasteiger partial charge in [0.25, 0.3) is 0 Å². The highest BCUT2D eigenvalue weighted by molar-refractivity contribution is 5.23. The van der Waals surface area contributed by atoms with Gasteiger partial charge in [-0.1, -0.05) is 31.4 Å². The Bertz CT molecular complexity index is 757. The molecule has 0 amide bonds. The fourth-order valence-corrected chi connectivity index (χ4v) is 3.99. The molecule has 5 heteroatoms. The maximum Gasteiger partial charge on any atom is 0.163 e. The van der Waals surface area contributed by atoms with Gasteiger partial charge in [0.1, 0.15) is 5.82 Å². The normalized spacial score (nSPS) is 19.0. The van der Waals surface area contributed by atoms with Crippen molar-refractivity contribution in [3.05, 3.63) is 58.7 Å². The topological polar surface area (TPSA) is 29.0 Å². The van der Waals surface area contributed by atoms with Crippen molar-refractivity contribution in [1.29, 1.82) is 0 Å². The number of fused-ring (bicyclic) bond motifs is 1. The molecule has 4 rings (SSSR count). The highest BCUT2D eigenvalue weighted by Crippen LogP contribution is 2.31. The summed E-state index contributed by atoms with van der Waals surface area (Å²) < 4.78 is 27.3. The van der Waals surface area contributed by atoms with Crippen LogP contribution in [0.4, 0.5) is 8.78 Å². The molecule has 3 nitrogen and oxygen atoms in total. The van der Waals surface area contributed by atoms with Gasteiger partial charge in [-0.15, -0.1) is 0 Å². The van der Waals surface area contributed by atoms with Gasteiger partial charge in [0.2, 0.25) is 0 Å². The number of hydrogen-bond donors (Lipinski definition) is 0. The van der Waals surface area contributed by atoms with Crippen LogP contribution in [0.3, 0.4) is 0 Å². The van der Waals surface area contributed by atoms with Crippen LogP contribution in [0.1, 0.15) is 60.7 Å². The van der Waals surface area contributed by atoms with Crippen molar-refractivity contribution in [3.63, 3.8) is 0 Å². The molecular weight excluding hydrogens is 320 g/mol. The molecule has 0 atom stereocenters. The summed E-state index contributed by atoms with van der Waals surface area (Å²) in [7, 11) is 0. The van der Waals surface area contributed by atoms with Gasteiger partial charge in [0, 0.05) is 55.0 Å². The first kappa shape index (κ1) is 16.6. The zero-order valence-corrected chi connectivity index (χ0v) is 14.3. The number of rotatable bonds is 3. The first-order valence-electron chi connectivity index (χ1n) is 9.20. The summed E-state index contributed by atoms with van der Waals surface area (Å²) in [5, 5.41) is 0. The summed E-state index contributed by atoms with van der Waals surface area (Å²) in [6.45, 7) is 1.91. The first-order chi connectivity index (χ1) is 12.2. The highest BCUT2D eigenvalue weighted by Gasteiger charge is 2.23. The number of benzene rings is 1. The minimum atomic E-state index is -0.782. The lowest BCUT2D eigenvalue weighted by molar-refractivity contribution is 0.238. The van der Waals surface area contributed by atoms with E-state index in [1.165, 1.54) is 32.1 Å². The largest absolute Gasteiger partial charge is 0.294 e. The number of nitrogens with zero attached hydrogens (tertiary/aromatic N) is 3. The maximum atomic E-state index is 13.9. The lowest BCUT2D eigenvalue weighted by Crippen LogP contribution is -2.31. The van der Waals surface area contributed by atoms with Crippen molar-refractivity contribution < 1.29 is 8.78 Å². The second kappa shape index (κ2) is 7.16. The molecule has 0 radical (unpaired) electrons. The standard InChI is InChI=1S/C20H23F2N3/c21-17-8-4-7-15(19(17)22)12-25-10-9-18-16(13-25)11-23-20(24-18)14-5-2-1-3-6-14/h4,7-8,11,14H,1-3,5-6,9-10,12-13H2. The van der Waals surface area contributed by atoms with Gasteiger partial charge in [-0.3, -0.25) is 4.90 Å². The fraction of sp³-hybridized carbons (Fsp3) is 0.500. The summed E-state index contributed by atoms with van der Waals surface area (Å²) in [6.07, 6.45) is 9.06. The zero-order valence-electron chi connectivity index (χ0n) is 14.3. The molecule has 2 aromatic rings. The Balaban J connectivity index is 1.47. The van der Waals surface area contributed by atoms with Crippen LogP contribution in [0.5, 0.6) is 0 Å². The maximum absolute atomic E-state index is 13.9. The van der Waals surface area contributed by atoms with Crippen molar-refractivity contribution in [2.45, 2.75) is 57.5 Å². The van der Waals surface area contributed by atoms with Crippen LogP contribution >= 0.6 is 0 Å². The Morgan fingerprint density at radius 1 is 1.12 bits per heavy atom. The summed E-state index contributed by atoms with van der Waals surface area (Å²) in [4.78, 5) is 11.6. The molecule has 1 aromatic heterocycles. The molecule has 1 aliphatic heterocycles. The van der Waals surface area contributed by atoms with Gasteiger partial charge >= 0.3 is 0 Å². The van der Waals surface area contributed by atoms with E-state index in [4.69, 9.17) is 4.98 Å². The molecular formula is C20H23F2N3. The molecule has 0 bridgehead atoms. The van der Waals surface area contributed by atoms with E-state index in [2.05, 4.69) is 9.88 Å². The first-order valence-corrected chi connectivity index (χ1v) is 9.20. The summed E-state index contributed by atoms with van der Waals surface area (Å²) in [5.41, 5.74) is 2.65. The number of halogens is 2. The third kappa shape index (κ3) is 3.56. The molecule has 25 heavy (non-hydrogen) atoms. The zero-order chi connectivity index (χ0) is 17.2. The lowest BCUT2D eigenvalue weighted by atomic mass is 9.88. The van der Waals surface area contributed by atoms with E-state index in [0.717, 1.165) is 36.1 Å². The molecule has 2 heterocycles. The van der Waals surface area contributed by atoms with Crippen LogP contribution in [-0.4, -0.2) is 21.4 Å². The summed E-state index contributed by atoms with van der Waals surface area (Å²) in [5.74, 6) is -0.00546. The minimum absolute atomic E-state index is 0.406. The monoisotopic (exact) mass is 343 g/mol. The predicted molar refractivity (Wildman–Crippen MR) is 92.0 cm³/mol. The smallest absolute Gasteiger partial charge is 0.163 e. The van der Waals surface area contributed by atoms with Crippen LogP contribution in [0, 0.1) is 11.6 Å². The molecule has 1 aromatic carbocycles. The Morgan fingerprint density at radius 2 is 1.96 bits per heavy atom. The van der Waals surface area contributed by atoms with Gasteiger partial charge in [0.15, 0.2) is 11.6 Å². The number of hydrogen-bond acceptors (Lipinski definition) is 3. The van der Waals surface area contributed by atoms with Gasteiger partial charge < -0.3 is 0 Å². The second-order valence-electron chi connectivity index (χ2n) is 7.21. The molecule has 1 aliphatic carbocycles. The van der Waals surface area contributed by atoms with Crippen molar-refractivity contribution in [3.8, 4) is 0 Å². The molecule has 1 saturated carbocycles. The lowest BCUT2D eigenvalue weighted by Gasteiger charge is -2.29. The third-order valence-corrected chi connectivity index (χ3v) is 5.43. The van der Waals surface area contributed by atoms with E-state index < -0.39 is 11.6 Å². The van der Waals surface area contributed by atoms with Crippen LogP contribution in [0.15, 0.2) is 24.4 Å². The van der Waals surface area contributed by atoms with Crippen LogP contribution in [0.2, 0.25) is 0 Å². The Morgan fingerprint density at radius 3 is 2.80 bits per heavy atom. The van der Waals surface area contributed by atoms with E-state index in [1.54, 1.807) is 12.1 Å². The van der Waals surface area contributed by atoms with Gasteiger partial charge in [-0.05, 0) is 18.9 Å². The molecule has 0 unspecified atom stereocenters. The van der Waals surface area contributed by atoms with Gasteiger partial charge in [0.05, 0.1) is 0 Å². The fourth-order valence-electron chi connectivity index (χ4n) is 3.99. The van der Waals surface area contributed by atoms with Crippen molar-refractivity contribution in [2.75, 3.05) is 6.54 Å². The van der Waals surface area contributed by atoms with E-state index in [1.807, 2.05) is 6.20 Å². The molecule has 0 spiro atoms. The Labute approximate surface area is 147 Å². The van der Waals surface area contributed by atoms with Crippen molar-refractivity contribution in [1.82, 2.24) is 14.9 Å².